The molecule has 0 saturated heterocycles. The van der Waals surface area contributed by atoms with E-state index in [4.69, 9.17) is 14.2 Å². The zero-order valence-electron chi connectivity index (χ0n) is 12.3. The molecule has 0 amide bonds. The van der Waals surface area contributed by atoms with E-state index in [2.05, 4.69) is 0 Å². The molecule has 0 aliphatic carbocycles. The molecule has 0 aliphatic heterocycles. The molecule has 2 aromatic rings. The van der Waals surface area contributed by atoms with E-state index < -0.39 is 6.10 Å². The fourth-order valence-electron chi connectivity index (χ4n) is 2.44. The van der Waals surface area contributed by atoms with Gasteiger partial charge in [0.2, 0.25) is 0 Å². The second-order valence-electron chi connectivity index (χ2n) is 4.50. The first-order valence-electron chi connectivity index (χ1n) is 6.57. The third-order valence-electron chi connectivity index (χ3n) is 3.48. The Morgan fingerprint density at radius 2 is 1.30 bits per heavy atom. The topological polar surface area (TPSA) is 47.9 Å². The van der Waals surface area contributed by atoms with Crippen molar-refractivity contribution in [2.75, 3.05) is 21.3 Å². The minimum atomic E-state index is -0.551. The number of fused-ring (bicyclic) bond motifs is 1. The largest absolute Gasteiger partial charge is 0.496 e. The van der Waals surface area contributed by atoms with Gasteiger partial charge in [0.25, 0.3) is 0 Å². The average molecular weight is 276 g/mol. The highest BCUT2D eigenvalue weighted by molar-refractivity contribution is 6.00. The van der Waals surface area contributed by atoms with E-state index in [0.717, 1.165) is 16.3 Å². The summed E-state index contributed by atoms with van der Waals surface area (Å²) < 4.78 is 16.3. The van der Waals surface area contributed by atoms with E-state index >= 15 is 0 Å². The summed E-state index contributed by atoms with van der Waals surface area (Å²) in [5, 5.41) is 11.9. The van der Waals surface area contributed by atoms with Crippen molar-refractivity contribution in [3.63, 3.8) is 0 Å². The van der Waals surface area contributed by atoms with Gasteiger partial charge in [-0.2, -0.15) is 0 Å². The molecule has 0 saturated carbocycles. The van der Waals surface area contributed by atoms with Crippen LogP contribution in [0.4, 0.5) is 0 Å². The molecule has 2 aromatic carbocycles. The van der Waals surface area contributed by atoms with Crippen molar-refractivity contribution >= 4 is 10.8 Å². The molecular formula is C16H20O4. The van der Waals surface area contributed by atoms with Crippen molar-refractivity contribution < 1.29 is 19.3 Å². The van der Waals surface area contributed by atoms with Crippen molar-refractivity contribution in [1.29, 1.82) is 0 Å². The summed E-state index contributed by atoms with van der Waals surface area (Å²) in [6.45, 7) is 1.94. The van der Waals surface area contributed by atoms with Crippen molar-refractivity contribution in [2.24, 2.45) is 0 Å². The van der Waals surface area contributed by atoms with Crippen LogP contribution < -0.4 is 14.2 Å². The van der Waals surface area contributed by atoms with Crippen LogP contribution in [0, 0.1) is 0 Å². The molecule has 108 valence electrons. The third-order valence-corrected chi connectivity index (χ3v) is 3.48. The van der Waals surface area contributed by atoms with Gasteiger partial charge in [0.15, 0.2) is 0 Å². The molecule has 20 heavy (non-hydrogen) atoms. The zero-order valence-corrected chi connectivity index (χ0v) is 12.3. The lowest BCUT2D eigenvalue weighted by Gasteiger charge is -2.18. The van der Waals surface area contributed by atoms with Gasteiger partial charge in [-0.1, -0.05) is 13.0 Å². The van der Waals surface area contributed by atoms with Crippen LogP contribution in [0.2, 0.25) is 0 Å². The molecule has 1 atom stereocenters. The van der Waals surface area contributed by atoms with Crippen LogP contribution in [0.3, 0.4) is 0 Å². The van der Waals surface area contributed by atoms with Gasteiger partial charge in [-0.15, -0.1) is 0 Å². The minimum absolute atomic E-state index is 0.551. The van der Waals surface area contributed by atoms with Gasteiger partial charge in [-0.25, -0.2) is 0 Å². The number of rotatable bonds is 5. The van der Waals surface area contributed by atoms with Crippen LogP contribution in [0.5, 0.6) is 17.2 Å². The highest BCUT2D eigenvalue weighted by atomic mass is 16.5. The Morgan fingerprint density at radius 3 is 1.75 bits per heavy atom. The fourth-order valence-corrected chi connectivity index (χ4v) is 2.44. The minimum Gasteiger partial charge on any atom is -0.496 e. The third kappa shape index (κ3) is 2.27. The molecule has 0 aliphatic rings. The highest BCUT2D eigenvalue weighted by Gasteiger charge is 2.19. The predicted octanol–water partition coefficient (Wildman–Crippen LogP) is 3.31. The predicted molar refractivity (Wildman–Crippen MR) is 78.9 cm³/mol. The van der Waals surface area contributed by atoms with E-state index in [-0.39, 0.29) is 0 Å². The number of hydrogen-bond donors (Lipinski definition) is 1. The summed E-state index contributed by atoms with van der Waals surface area (Å²) in [5.74, 6) is 2.09. The number of aliphatic hydroxyl groups is 1. The molecule has 1 unspecified atom stereocenters. The molecule has 0 aromatic heterocycles. The van der Waals surface area contributed by atoms with Crippen LogP contribution in [-0.4, -0.2) is 26.4 Å². The summed E-state index contributed by atoms with van der Waals surface area (Å²) in [6, 6.07) is 7.40. The second-order valence-corrected chi connectivity index (χ2v) is 4.50. The maximum atomic E-state index is 10.2. The number of methoxy groups -OCH3 is 3. The summed E-state index contributed by atoms with van der Waals surface area (Å²) in [6.07, 6.45) is 0.0753. The summed E-state index contributed by atoms with van der Waals surface area (Å²) in [4.78, 5) is 0. The normalized spacial score (nSPS) is 12.2. The standard InChI is InChI=1S/C16H20O4/c1-5-11(17)10-6-7-13(19-3)16-14(20-4)9-8-12(18-2)15(10)16/h6-9,11,17H,5H2,1-4H3. The van der Waals surface area contributed by atoms with Crippen molar-refractivity contribution in [3.8, 4) is 17.2 Å². The lowest BCUT2D eigenvalue weighted by molar-refractivity contribution is 0.175. The summed E-state index contributed by atoms with van der Waals surface area (Å²) >= 11 is 0. The van der Waals surface area contributed by atoms with E-state index in [0.29, 0.717) is 23.7 Å². The molecule has 2 rings (SSSR count). The van der Waals surface area contributed by atoms with Gasteiger partial charge >= 0.3 is 0 Å². The first-order valence-corrected chi connectivity index (χ1v) is 6.57. The number of aliphatic hydroxyl groups excluding tert-OH is 1. The van der Waals surface area contributed by atoms with Crippen LogP contribution >= 0.6 is 0 Å². The van der Waals surface area contributed by atoms with Crippen molar-refractivity contribution in [1.82, 2.24) is 0 Å². The zero-order chi connectivity index (χ0) is 14.7. The number of hydrogen-bond acceptors (Lipinski definition) is 4. The van der Waals surface area contributed by atoms with Gasteiger partial charge in [-0.3, -0.25) is 0 Å². The van der Waals surface area contributed by atoms with Crippen molar-refractivity contribution in [3.05, 3.63) is 29.8 Å². The van der Waals surface area contributed by atoms with E-state index in [1.54, 1.807) is 21.3 Å². The smallest absolute Gasteiger partial charge is 0.130 e. The first kappa shape index (κ1) is 14.5. The quantitative estimate of drug-likeness (QED) is 0.910. The lowest BCUT2D eigenvalue weighted by atomic mass is 9.97. The molecule has 1 N–H and O–H groups in total. The SMILES string of the molecule is CCC(O)c1ccc(OC)c2c(OC)ccc(OC)c12. The maximum Gasteiger partial charge on any atom is 0.130 e. The first-order chi connectivity index (χ1) is 9.67. The monoisotopic (exact) mass is 276 g/mol. The highest BCUT2D eigenvalue weighted by Crippen LogP contribution is 2.43. The Morgan fingerprint density at radius 1 is 0.850 bits per heavy atom. The fraction of sp³-hybridized carbons (Fsp3) is 0.375. The van der Waals surface area contributed by atoms with E-state index in [9.17, 15) is 5.11 Å². The molecule has 0 radical (unpaired) electrons. The van der Waals surface area contributed by atoms with E-state index in [1.165, 1.54) is 0 Å². The Bertz CT molecular complexity index is 597. The molecule has 0 spiro atoms. The molecule has 0 bridgehead atoms. The average Bonchev–Trinajstić information content (AvgIpc) is 2.51. The van der Waals surface area contributed by atoms with Crippen LogP contribution in [0.15, 0.2) is 24.3 Å². The van der Waals surface area contributed by atoms with E-state index in [1.807, 2.05) is 31.2 Å². The number of ether oxygens (including phenoxy) is 3. The van der Waals surface area contributed by atoms with Crippen LogP contribution in [0.25, 0.3) is 10.8 Å². The maximum absolute atomic E-state index is 10.2. The molecule has 0 fully saturated rings. The molecule has 0 heterocycles. The molecule has 4 heteroatoms. The number of benzene rings is 2. The van der Waals surface area contributed by atoms with Crippen LogP contribution in [-0.2, 0) is 0 Å². The Kier molecular flexibility index (Phi) is 4.35. The Balaban J connectivity index is 2.90. The molecule has 4 nitrogen and oxygen atoms in total. The summed E-state index contributed by atoms with van der Waals surface area (Å²) in [5.41, 5.74) is 0.819. The lowest BCUT2D eigenvalue weighted by Crippen LogP contribution is -2.00. The van der Waals surface area contributed by atoms with Gasteiger partial charge < -0.3 is 19.3 Å². The van der Waals surface area contributed by atoms with Crippen molar-refractivity contribution in [2.45, 2.75) is 19.4 Å². The van der Waals surface area contributed by atoms with Gasteiger partial charge in [0, 0.05) is 5.39 Å². The molecular weight excluding hydrogens is 256 g/mol. The Labute approximate surface area is 118 Å². The second kappa shape index (κ2) is 6.01. The van der Waals surface area contributed by atoms with Crippen LogP contribution in [0.1, 0.15) is 25.0 Å². The van der Waals surface area contributed by atoms with Gasteiger partial charge in [-0.05, 0) is 30.2 Å². The summed E-state index contributed by atoms with van der Waals surface area (Å²) in [7, 11) is 4.84. The van der Waals surface area contributed by atoms with Gasteiger partial charge in [0.1, 0.15) is 17.2 Å². The van der Waals surface area contributed by atoms with Gasteiger partial charge in [0.05, 0.1) is 32.8 Å². The Hall–Kier alpha value is -1.94.